The summed E-state index contributed by atoms with van der Waals surface area (Å²) in [4.78, 5) is 10.8. The van der Waals surface area contributed by atoms with E-state index in [2.05, 4.69) is 15.5 Å². The number of fused-ring (bicyclic) bond motifs is 1. The average Bonchev–Trinajstić information content (AvgIpc) is 2.49. The molecular weight excluding hydrogens is 166 g/mol. The van der Waals surface area contributed by atoms with Crippen molar-refractivity contribution in [3.63, 3.8) is 0 Å². The van der Waals surface area contributed by atoms with Crippen LogP contribution >= 0.6 is 0 Å². The molecule has 0 radical (unpaired) electrons. The van der Waals surface area contributed by atoms with Gasteiger partial charge in [-0.05, 0) is 24.8 Å². The molecule has 1 amide bonds. The normalized spacial score (nSPS) is 20.8. The number of amides is 1. The molecule has 1 atom stereocenters. The number of carbonyl (C=O) groups excluding carboxylic acids is 1. The first-order chi connectivity index (χ1) is 6.25. The summed E-state index contributed by atoms with van der Waals surface area (Å²) in [5.41, 5.74) is 2.46. The molecule has 70 valence electrons. The summed E-state index contributed by atoms with van der Waals surface area (Å²) in [6.45, 7) is 1.56. The quantitative estimate of drug-likeness (QED) is 0.655. The molecule has 1 aromatic rings. The highest BCUT2D eigenvalue weighted by atomic mass is 16.1. The predicted molar refractivity (Wildman–Crippen MR) is 48.2 cm³/mol. The zero-order chi connectivity index (χ0) is 9.26. The average molecular weight is 179 g/mol. The Bertz CT molecular complexity index is 318. The van der Waals surface area contributed by atoms with Crippen LogP contribution in [0.1, 0.15) is 24.6 Å². The number of aromatic nitrogens is 2. The molecule has 2 N–H and O–H groups in total. The third-order valence-electron chi connectivity index (χ3n) is 2.42. The van der Waals surface area contributed by atoms with Gasteiger partial charge in [0, 0.05) is 18.7 Å². The topological polar surface area (TPSA) is 57.8 Å². The summed E-state index contributed by atoms with van der Waals surface area (Å²) in [5, 5.41) is 9.88. The summed E-state index contributed by atoms with van der Waals surface area (Å²) in [7, 11) is 0. The lowest BCUT2D eigenvalue weighted by Crippen LogP contribution is -2.37. The van der Waals surface area contributed by atoms with E-state index in [9.17, 15) is 4.79 Å². The SMILES string of the molecule is CC(=O)N[C@@H]1CCc2[nH]ncc2C1. The molecule has 0 saturated heterocycles. The van der Waals surface area contributed by atoms with Gasteiger partial charge in [0.15, 0.2) is 0 Å². The zero-order valence-electron chi connectivity index (χ0n) is 7.63. The van der Waals surface area contributed by atoms with Crippen molar-refractivity contribution in [3.05, 3.63) is 17.5 Å². The first-order valence-electron chi connectivity index (χ1n) is 4.54. The van der Waals surface area contributed by atoms with E-state index in [0.29, 0.717) is 6.04 Å². The van der Waals surface area contributed by atoms with Crippen molar-refractivity contribution in [2.75, 3.05) is 0 Å². The Hall–Kier alpha value is -1.32. The molecule has 1 aliphatic rings. The van der Waals surface area contributed by atoms with Crippen LogP contribution < -0.4 is 5.32 Å². The van der Waals surface area contributed by atoms with Crippen molar-refractivity contribution < 1.29 is 4.79 Å². The minimum Gasteiger partial charge on any atom is -0.353 e. The highest BCUT2D eigenvalue weighted by molar-refractivity contribution is 5.73. The summed E-state index contributed by atoms with van der Waals surface area (Å²) >= 11 is 0. The van der Waals surface area contributed by atoms with Gasteiger partial charge in [0.05, 0.1) is 6.20 Å². The second-order valence-electron chi connectivity index (χ2n) is 3.51. The van der Waals surface area contributed by atoms with Crippen molar-refractivity contribution in [3.8, 4) is 0 Å². The van der Waals surface area contributed by atoms with Crippen molar-refractivity contribution >= 4 is 5.91 Å². The molecular formula is C9H13N3O. The molecule has 2 rings (SSSR count). The number of nitrogens with one attached hydrogen (secondary N) is 2. The Labute approximate surface area is 76.7 Å². The highest BCUT2D eigenvalue weighted by Crippen LogP contribution is 2.18. The molecule has 0 fully saturated rings. The number of H-pyrrole nitrogens is 1. The lowest BCUT2D eigenvalue weighted by molar-refractivity contribution is -0.119. The van der Waals surface area contributed by atoms with E-state index < -0.39 is 0 Å². The van der Waals surface area contributed by atoms with Crippen molar-refractivity contribution in [1.29, 1.82) is 0 Å². The lowest BCUT2D eigenvalue weighted by Gasteiger charge is -2.21. The molecule has 1 aliphatic carbocycles. The molecule has 1 heterocycles. The maximum atomic E-state index is 10.8. The molecule has 4 heteroatoms. The first-order valence-corrected chi connectivity index (χ1v) is 4.54. The van der Waals surface area contributed by atoms with Gasteiger partial charge in [0.25, 0.3) is 0 Å². The van der Waals surface area contributed by atoms with Gasteiger partial charge < -0.3 is 5.32 Å². The van der Waals surface area contributed by atoms with Crippen LogP contribution in [-0.4, -0.2) is 22.1 Å². The highest BCUT2D eigenvalue weighted by Gasteiger charge is 2.19. The number of aryl methyl sites for hydroxylation is 1. The van der Waals surface area contributed by atoms with Crippen LogP contribution in [0.25, 0.3) is 0 Å². The van der Waals surface area contributed by atoms with Gasteiger partial charge in [-0.15, -0.1) is 0 Å². The predicted octanol–water partition coefficient (Wildman–Crippen LogP) is 0.403. The monoisotopic (exact) mass is 179 g/mol. The third-order valence-corrected chi connectivity index (χ3v) is 2.42. The minimum absolute atomic E-state index is 0.0527. The summed E-state index contributed by atoms with van der Waals surface area (Å²) < 4.78 is 0. The number of carbonyl (C=O) groups is 1. The van der Waals surface area contributed by atoms with Crippen molar-refractivity contribution in [2.45, 2.75) is 32.2 Å². The van der Waals surface area contributed by atoms with E-state index in [0.717, 1.165) is 19.3 Å². The van der Waals surface area contributed by atoms with Crippen LogP contribution in [0, 0.1) is 0 Å². The maximum absolute atomic E-state index is 10.8. The van der Waals surface area contributed by atoms with Gasteiger partial charge in [-0.3, -0.25) is 9.89 Å². The number of rotatable bonds is 1. The molecule has 0 saturated carbocycles. The molecule has 0 aliphatic heterocycles. The largest absolute Gasteiger partial charge is 0.353 e. The standard InChI is InChI=1S/C9H13N3O/c1-6(13)11-8-2-3-9-7(4-8)5-10-12-9/h5,8H,2-4H2,1H3,(H,10,12)(H,11,13)/t8-/m1/s1. The third kappa shape index (κ3) is 1.71. The van der Waals surface area contributed by atoms with E-state index in [-0.39, 0.29) is 5.91 Å². The maximum Gasteiger partial charge on any atom is 0.217 e. The molecule has 1 aromatic heterocycles. The number of aromatic amines is 1. The molecule has 0 spiro atoms. The Morgan fingerprint density at radius 2 is 2.62 bits per heavy atom. The van der Waals surface area contributed by atoms with Gasteiger partial charge in [-0.25, -0.2) is 0 Å². The summed E-state index contributed by atoms with van der Waals surface area (Å²) in [5.74, 6) is 0.0527. The van der Waals surface area contributed by atoms with E-state index >= 15 is 0 Å². The Balaban J connectivity index is 2.04. The molecule has 0 bridgehead atoms. The number of nitrogens with zero attached hydrogens (tertiary/aromatic N) is 1. The van der Waals surface area contributed by atoms with E-state index in [1.807, 2.05) is 6.20 Å². The van der Waals surface area contributed by atoms with E-state index in [1.165, 1.54) is 11.3 Å². The molecule has 13 heavy (non-hydrogen) atoms. The smallest absolute Gasteiger partial charge is 0.217 e. The Morgan fingerprint density at radius 1 is 1.77 bits per heavy atom. The molecule has 4 nitrogen and oxygen atoms in total. The van der Waals surface area contributed by atoms with Crippen molar-refractivity contribution in [2.24, 2.45) is 0 Å². The van der Waals surface area contributed by atoms with Gasteiger partial charge in [-0.2, -0.15) is 5.10 Å². The number of hydrogen-bond donors (Lipinski definition) is 2. The van der Waals surface area contributed by atoms with Crippen LogP contribution in [0.5, 0.6) is 0 Å². The fourth-order valence-corrected chi connectivity index (χ4v) is 1.83. The zero-order valence-corrected chi connectivity index (χ0v) is 7.63. The van der Waals surface area contributed by atoms with Crippen LogP contribution in [0.4, 0.5) is 0 Å². The van der Waals surface area contributed by atoms with Crippen LogP contribution in [0.2, 0.25) is 0 Å². The van der Waals surface area contributed by atoms with Gasteiger partial charge >= 0.3 is 0 Å². The molecule has 0 unspecified atom stereocenters. The second kappa shape index (κ2) is 3.20. The van der Waals surface area contributed by atoms with Crippen LogP contribution in [-0.2, 0) is 17.6 Å². The number of hydrogen-bond acceptors (Lipinski definition) is 2. The van der Waals surface area contributed by atoms with Crippen LogP contribution in [0.3, 0.4) is 0 Å². The minimum atomic E-state index is 0.0527. The fraction of sp³-hybridized carbons (Fsp3) is 0.556. The van der Waals surface area contributed by atoms with Gasteiger partial charge in [-0.1, -0.05) is 0 Å². The van der Waals surface area contributed by atoms with Gasteiger partial charge in [0.1, 0.15) is 0 Å². The lowest BCUT2D eigenvalue weighted by atomic mass is 9.94. The summed E-state index contributed by atoms with van der Waals surface area (Å²) in [6, 6.07) is 0.294. The van der Waals surface area contributed by atoms with E-state index in [1.54, 1.807) is 6.92 Å². The molecule has 0 aromatic carbocycles. The van der Waals surface area contributed by atoms with Crippen molar-refractivity contribution in [1.82, 2.24) is 15.5 Å². The van der Waals surface area contributed by atoms with Crippen LogP contribution in [0.15, 0.2) is 6.20 Å². The van der Waals surface area contributed by atoms with E-state index in [4.69, 9.17) is 0 Å². The second-order valence-corrected chi connectivity index (χ2v) is 3.51. The Morgan fingerprint density at radius 3 is 3.38 bits per heavy atom. The van der Waals surface area contributed by atoms with Gasteiger partial charge in [0.2, 0.25) is 5.91 Å². The summed E-state index contributed by atoms with van der Waals surface area (Å²) in [6.07, 6.45) is 4.75. The fourth-order valence-electron chi connectivity index (χ4n) is 1.83. The Kier molecular flexibility index (Phi) is 2.04. The first kappa shape index (κ1) is 8.29.